The first-order chi connectivity index (χ1) is 7.66. The highest BCUT2D eigenvalue weighted by Crippen LogP contribution is 2.27. The van der Waals surface area contributed by atoms with Crippen molar-refractivity contribution in [1.82, 2.24) is 4.98 Å². The van der Waals surface area contributed by atoms with Gasteiger partial charge >= 0.3 is 0 Å². The number of nitrogens with zero attached hydrogens (tertiary/aromatic N) is 1. The first-order valence-corrected chi connectivity index (χ1v) is 4.50. The maximum absolute atomic E-state index is 13.2. The van der Waals surface area contributed by atoms with Crippen molar-refractivity contribution in [3.8, 4) is 11.5 Å². The summed E-state index contributed by atoms with van der Waals surface area (Å²) in [5.41, 5.74) is 5.41. The number of anilines is 1. The predicted molar refractivity (Wildman–Crippen MR) is 55.1 cm³/mol. The van der Waals surface area contributed by atoms with E-state index in [0.717, 1.165) is 12.1 Å². The quantitative estimate of drug-likeness (QED) is 0.849. The van der Waals surface area contributed by atoms with Crippen molar-refractivity contribution in [2.75, 3.05) is 5.73 Å². The molecule has 0 aliphatic carbocycles. The molecule has 16 heavy (non-hydrogen) atoms. The summed E-state index contributed by atoms with van der Waals surface area (Å²) in [4.78, 5) is 3.74. The number of nitrogen functional groups attached to an aromatic ring is 1. The molecular formula is C11H8F2N2O. The van der Waals surface area contributed by atoms with E-state index in [-0.39, 0.29) is 11.6 Å². The molecule has 0 radical (unpaired) electrons. The molecule has 0 aliphatic heterocycles. The fourth-order valence-corrected chi connectivity index (χ4v) is 1.19. The molecule has 3 nitrogen and oxygen atoms in total. The van der Waals surface area contributed by atoms with Crippen molar-refractivity contribution in [3.05, 3.63) is 48.2 Å². The molecule has 0 saturated carbocycles. The number of ether oxygens (including phenoxy) is 1. The van der Waals surface area contributed by atoms with Gasteiger partial charge in [-0.3, -0.25) is 0 Å². The van der Waals surface area contributed by atoms with E-state index in [1.54, 1.807) is 0 Å². The summed E-state index contributed by atoms with van der Waals surface area (Å²) in [6.45, 7) is 0. The largest absolute Gasteiger partial charge is 0.451 e. The van der Waals surface area contributed by atoms with Crippen LogP contribution < -0.4 is 10.5 Å². The zero-order chi connectivity index (χ0) is 11.5. The Morgan fingerprint density at radius 1 is 1.12 bits per heavy atom. The van der Waals surface area contributed by atoms with E-state index in [4.69, 9.17) is 10.5 Å². The van der Waals surface area contributed by atoms with Crippen molar-refractivity contribution in [3.63, 3.8) is 0 Å². The Morgan fingerprint density at radius 2 is 1.81 bits per heavy atom. The fraction of sp³-hybridized carbons (Fsp3) is 0. The van der Waals surface area contributed by atoms with Crippen LogP contribution in [0.1, 0.15) is 0 Å². The summed E-state index contributed by atoms with van der Waals surface area (Å²) in [5.74, 6) is -1.54. The lowest BCUT2D eigenvalue weighted by Crippen LogP contribution is -1.94. The van der Waals surface area contributed by atoms with E-state index in [1.807, 2.05) is 0 Å². The minimum absolute atomic E-state index is 0.217. The third kappa shape index (κ3) is 2.08. The molecule has 5 heteroatoms. The number of nitrogens with two attached hydrogens (primary N) is 1. The van der Waals surface area contributed by atoms with Crippen molar-refractivity contribution in [2.24, 2.45) is 0 Å². The minimum Gasteiger partial charge on any atom is -0.451 e. The molecule has 0 unspecified atom stereocenters. The van der Waals surface area contributed by atoms with Gasteiger partial charge in [-0.25, -0.2) is 13.8 Å². The van der Waals surface area contributed by atoms with Crippen LogP contribution in [0.25, 0.3) is 0 Å². The normalized spacial score (nSPS) is 10.1. The summed E-state index contributed by atoms with van der Waals surface area (Å²) in [7, 11) is 0. The van der Waals surface area contributed by atoms with Gasteiger partial charge in [0.05, 0.1) is 0 Å². The highest BCUT2D eigenvalue weighted by atomic mass is 19.1. The molecule has 1 aromatic heterocycles. The third-order valence-corrected chi connectivity index (χ3v) is 1.89. The lowest BCUT2D eigenvalue weighted by atomic mass is 10.3. The van der Waals surface area contributed by atoms with E-state index < -0.39 is 17.4 Å². The molecule has 0 atom stereocenters. The number of aromatic nitrogens is 1. The van der Waals surface area contributed by atoms with Crippen LogP contribution in [0.2, 0.25) is 0 Å². The number of halogens is 2. The van der Waals surface area contributed by atoms with Crippen molar-refractivity contribution < 1.29 is 13.5 Å². The Labute approximate surface area is 90.5 Å². The van der Waals surface area contributed by atoms with Gasteiger partial charge in [0.15, 0.2) is 17.4 Å². The minimum atomic E-state index is -0.768. The van der Waals surface area contributed by atoms with Crippen LogP contribution in [0.5, 0.6) is 11.5 Å². The molecule has 0 amide bonds. The van der Waals surface area contributed by atoms with Crippen LogP contribution in [0.15, 0.2) is 36.5 Å². The molecule has 0 aliphatic rings. The topological polar surface area (TPSA) is 48.1 Å². The molecule has 2 rings (SSSR count). The van der Waals surface area contributed by atoms with Crippen molar-refractivity contribution in [1.29, 1.82) is 0 Å². The molecular weight excluding hydrogens is 214 g/mol. The van der Waals surface area contributed by atoms with Crippen molar-refractivity contribution >= 4 is 5.82 Å². The van der Waals surface area contributed by atoms with Crippen LogP contribution in [0, 0.1) is 11.6 Å². The SMILES string of the molecule is Nc1cc(Oc2c(F)cccc2F)ccn1. The monoisotopic (exact) mass is 222 g/mol. The average Bonchev–Trinajstić information content (AvgIpc) is 2.24. The molecule has 0 spiro atoms. The number of pyridine rings is 1. The second-order valence-corrected chi connectivity index (χ2v) is 3.07. The Hall–Kier alpha value is -2.17. The maximum Gasteiger partial charge on any atom is 0.198 e. The van der Waals surface area contributed by atoms with Gasteiger partial charge in [-0.15, -0.1) is 0 Å². The van der Waals surface area contributed by atoms with Crippen LogP contribution >= 0.6 is 0 Å². The van der Waals surface area contributed by atoms with Crippen molar-refractivity contribution in [2.45, 2.75) is 0 Å². The zero-order valence-electron chi connectivity index (χ0n) is 8.15. The predicted octanol–water partition coefficient (Wildman–Crippen LogP) is 2.73. The Bertz CT molecular complexity index is 497. The molecule has 2 aromatic rings. The standard InChI is InChI=1S/C11H8F2N2O/c12-8-2-1-3-9(13)11(8)16-7-4-5-15-10(14)6-7/h1-6H,(H2,14,15). The summed E-state index contributed by atoms with van der Waals surface area (Å²) in [6, 6.07) is 6.33. The zero-order valence-corrected chi connectivity index (χ0v) is 8.15. The molecule has 2 N–H and O–H groups in total. The molecule has 0 bridgehead atoms. The van der Waals surface area contributed by atoms with Gasteiger partial charge in [-0.1, -0.05) is 6.07 Å². The maximum atomic E-state index is 13.2. The van der Waals surface area contributed by atoms with Gasteiger partial charge in [0, 0.05) is 12.3 Å². The average molecular weight is 222 g/mol. The van der Waals surface area contributed by atoms with Crippen LogP contribution in [-0.4, -0.2) is 4.98 Å². The van der Waals surface area contributed by atoms with E-state index in [1.165, 1.54) is 24.4 Å². The highest BCUT2D eigenvalue weighted by Gasteiger charge is 2.10. The van der Waals surface area contributed by atoms with Crippen LogP contribution in [-0.2, 0) is 0 Å². The number of hydrogen-bond acceptors (Lipinski definition) is 3. The summed E-state index contributed by atoms with van der Waals surface area (Å²) in [6.07, 6.45) is 1.39. The number of para-hydroxylation sites is 1. The molecule has 82 valence electrons. The first-order valence-electron chi connectivity index (χ1n) is 4.50. The van der Waals surface area contributed by atoms with E-state index in [2.05, 4.69) is 4.98 Å². The number of rotatable bonds is 2. The number of hydrogen-bond donors (Lipinski definition) is 1. The van der Waals surface area contributed by atoms with E-state index in [0.29, 0.717) is 0 Å². The molecule has 0 saturated heterocycles. The molecule has 1 heterocycles. The second-order valence-electron chi connectivity index (χ2n) is 3.07. The van der Waals surface area contributed by atoms with Crippen LogP contribution in [0.4, 0.5) is 14.6 Å². The lowest BCUT2D eigenvalue weighted by molar-refractivity contribution is 0.407. The van der Waals surface area contributed by atoms with E-state index >= 15 is 0 Å². The van der Waals surface area contributed by atoms with Gasteiger partial charge in [0.25, 0.3) is 0 Å². The van der Waals surface area contributed by atoms with Crippen LogP contribution in [0.3, 0.4) is 0 Å². The first kappa shape index (κ1) is 10.4. The number of benzene rings is 1. The van der Waals surface area contributed by atoms with Gasteiger partial charge in [0.1, 0.15) is 11.6 Å². The van der Waals surface area contributed by atoms with Gasteiger partial charge in [-0.2, -0.15) is 0 Å². The Morgan fingerprint density at radius 3 is 2.44 bits per heavy atom. The molecule has 0 fully saturated rings. The fourth-order valence-electron chi connectivity index (χ4n) is 1.19. The lowest BCUT2D eigenvalue weighted by Gasteiger charge is -2.07. The van der Waals surface area contributed by atoms with Gasteiger partial charge in [0.2, 0.25) is 0 Å². The summed E-state index contributed by atoms with van der Waals surface area (Å²) < 4.78 is 31.5. The smallest absolute Gasteiger partial charge is 0.198 e. The van der Waals surface area contributed by atoms with Gasteiger partial charge < -0.3 is 10.5 Å². The Kier molecular flexibility index (Phi) is 2.68. The van der Waals surface area contributed by atoms with E-state index in [9.17, 15) is 8.78 Å². The Balaban J connectivity index is 2.34. The highest BCUT2D eigenvalue weighted by molar-refractivity contribution is 5.39. The molecule has 1 aromatic carbocycles. The summed E-state index contributed by atoms with van der Waals surface area (Å²) >= 11 is 0. The second kappa shape index (κ2) is 4.14. The third-order valence-electron chi connectivity index (χ3n) is 1.89. The van der Waals surface area contributed by atoms with Gasteiger partial charge in [-0.05, 0) is 18.2 Å². The summed E-state index contributed by atoms with van der Waals surface area (Å²) in [5, 5.41) is 0.